The summed E-state index contributed by atoms with van der Waals surface area (Å²) in [6, 6.07) is 3.99. The molecule has 2 aromatic rings. The molecule has 0 aromatic carbocycles. The molecule has 0 aliphatic rings. The zero-order chi connectivity index (χ0) is 12.1. The Morgan fingerprint density at radius 2 is 2.24 bits per heavy atom. The SMILES string of the molecule is Cn1cnc(CCNCc2ccc(Br)cn2)n1. The summed E-state index contributed by atoms with van der Waals surface area (Å²) in [6.45, 7) is 1.61. The fourth-order valence-corrected chi connectivity index (χ4v) is 1.66. The predicted molar refractivity (Wildman–Crippen MR) is 68.4 cm³/mol. The van der Waals surface area contributed by atoms with E-state index in [1.54, 1.807) is 17.2 Å². The molecular weight excluding hydrogens is 282 g/mol. The summed E-state index contributed by atoms with van der Waals surface area (Å²) in [5.74, 6) is 0.865. The van der Waals surface area contributed by atoms with Crippen LogP contribution in [0.1, 0.15) is 11.5 Å². The summed E-state index contributed by atoms with van der Waals surface area (Å²) in [4.78, 5) is 8.44. The van der Waals surface area contributed by atoms with Gasteiger partial charge in [-0.25, -0.2) is 4.98 Å². The Morgan fingerprint density at radius 1 is 1.35 bits per heavy atom. The zero-order valence-corrected chi connectivity index (χ0v) is 11.2. The highest BCUT2D eigenvalue weighted by Crippen LogP contribution is 2.06. The van der Waals surface area contributed by atoms with E-state index in [0.29, 0.717) is 0 Å². The maximum absolute atomic E-state index is 4.28. The zero-order valence-electron chi connectivity index (χ0n) is 9.60. The number of nitrogens with zero attached hydrogens (tertiary/aromatic N) is 4. The van der Waals surface area contributed by atoms with Gasteiger partial charge in [-0.05, 0) is 28.1 Å². The van der Waals surface area contributed by atoms with Gasteiger partial charge in [-0.2, -0.15) is 5.10 Å². The molecule has 0 fully saturated rings. The van der Waals surface area contributed by atoms with Gasteiger partial charge in [0.1, 0.15) is 6.33 Å². The first-order valence-corrected chi connectivity index (χ1v) is 6.19. The maximum Gasteiger partial charge on any atom is 0.151 e. The average Bonchev–Trinajstić information content (AvgIpc) is 2.73. The van der Waals surface area contributed by atoms with Crippen LogP contribution in [0, 0.1) is 0 Å². The van der Waals surface area contributed by atoms with Gasteiger partial charge in [0.25, 0.3) is 0 Å². The molecule has 2 rings (SSSR count). The standard InChI is InChI=1S/C11H14BrN5/c1-17-8-15-11(16-17)4-5-13-7-10-3-2-9(12)6-14-10/h2-3,6,8,13H,4-5,7H2,1H3. The molecule has 0 unspecified atom stereocenters. The molecule has 2 heterocycles. The second-order valence-electron chi connectivity index (χ2n) is 3.73. The van der Waals surface area contributed by atoms with Crippen LogP contribution in [0.5, 0.6) is 0 Å². The summed E-state index contributed by atoms with van der Waals surface area (Å²) in [5.41, 5.74) is 1.03. The van der Waals surface area contributed by atoms with Gasteiger partial charge >= 0.3 is 0 Å². The molecule has 0 bridgehead atoms. The Hall–Kier alpha value is -1.27. The highest BCUT2D eigenvalue weighted by molar-refractivity contribution is 9.10. The molecule has 0 radical (unpaired) electrons. The van der Waals surface area contributed by atoms with Gasteiger partial charge in [-0.3, -0.25) is 9.67 Å². The van der Waals surface area contributed by atoms with Gasteiger partial charge in [-0.1, -0.05) is 0 Å². The molecule has 2 aromatic heterocycles. The molecule has 17 heavy (non-hydrogen) atoms. The van der Waals surface area contributed by atoms with Crippen LogP contribution in [0.25, 0.3) is 0 Å². The summed E-state index contributed by atoms with van der Waals surface area (Å²) in [5, 5.41) is 7.52. The summed E-state index contributed by atoms with van der Waals surface area (Å²) >= 11 is 3.36. The van der Waals surface area contributed by atoms with Crippen molar-refractivity contribution in [1.82, 2.24) is 25.1 Å². The number of hydrogen-bond donors (Lipinski definition) is 1. The van der Waals surface area contributed by atoms with Crippen molar-refractivity contribution in [2.75, 3.05) is 6.54 Å². The molecule has 6 heteroatoms. The van der Waals surface area contributed by atoms with Crippen molar-refractivity contribution in [2.24, 2.45) is 7.05 Å². The highest BCUT2D eigenvalue weighted by atomic mass is 79.9. The van der Waals surface area contributed by atoms with Gasteiger partial charge in [0.2, 0.25) is 0 Å². The number of nitrogens with one attached hydrogen (secondary N) is 1. The van der Waals surface area contributed by atoms with Gasteiger partial charge in [0.15, 0.2) is 5.82 Å². The van der Waals surface area contributed by atoms with Crippen molar-refractivity contribution in [3.8, 4) is 0 Å². The van der Waals surface area contributed by atoms with Gasteiger partial charge in [0, 0.05) is 37.2 Å². The second kappa shape index (κ2) is 5.88. The third-order valence-electron chi connectivity index (χ3n) is 2.27. The molecule has 0 saturated heterocycles. The van der Waals surface area contributed by atoms with E-state index in [2.05, 4.69) is 36.3 Å². The van der Waals surface area contributed by atoms with Crippen LogP contribution >= 0.6 is 15.9 Å². The molecule has 0 spiro atoms. The fraction of sp³-hybridized carbons (Fsp3) is 0.364. The fourth-order valence-electron chi connectivity index (χ4n) is 1.43. The number of halogens is 1. The Bertz CT molecular complexity index is 465. The summed E-state index contributed by atoms with van der Waals surface area (Å²) in [6.07, 6.45) is 4.35. The second-order valence-corrected chi connectivity index (χ2v) is 4.64. The van der Waals surface area contributed by atoms with Crippen LogP contribution in [0.15, 0.2) is 29.1 Å². The van der Waals surface area contributed by atoms with E-state index in [1.165, 1.54) is 0 Å². The van der Waals surface area contributed by atoms with Crippen LogP contribution in [-0.2, 0) is 20.0 Å². The van der Waals surface area contributed by atoms with Crippen molar-refractivity contribution in [1.29, 1.82) is 0 Å². The van der Waals surface area contributed by atoms with E-state index in [0.717, 1.165) is 35.5 Å². The van der Waals surface area contributed by atoms with Crippen molar-refractivity contribution >= 4 is 15.9 Å². The van der Waals surface area contributed by atoms with Gasteiger partial charge in [0.05, 0.1) is 5.69 Å². The van der Waals surface area contributed by atoms with E-state index >= 15 is 0 Å². The average molecular weight is 296 g/mol. The largest absolute Gasteiger partial charge is 0.311 e. The normalized spacial score (nSPS) is 10.7. The van der Waals surface area contributed by atoms with E-state index in [1.807, 2.05) is 19.2 Å². The van der Waals surface area contributed by atoms with Crippen molar-refractivity contribution in [3.63, 3.8) is 0 Å². The molecule has 0 aliphatic heterocycles. The molecule has 0 atom stereocenters. The van der Waals surface area contributed by atoms with Crippen molar-refractivity contribution in [3.05, 3.63) is 40.6 Å². The lowest BCUT2D eigenvalue weighted by Gasteiger charge is -2.02. The first-order chi connectivity index (χ1) is 8.24. The van der Waals surface area contributed by atoms with Crippen molar-refractivity contribution in [2.45, 2.75) is 13.0 Å². The Balaban J connectivity index is 1.71. The van der Waals surface area contributed by atoms with Gasteiger partial charge in [-0.15, -0.1) is 0 Å². The van der Waals surface area contributed by atoms with Crippen molar-refractivity contribution < 1.29 is 0 Å². The van der Waals surface area contributed by atoms with Crippen LogP contribution in [0.2, 0.25) is 0 Å². The van der Waals surface area contributed by atoms with E-state index in [-0.39, 0.29) is 0 Å². The van der Waals surface area contributed by atoms with Gasteiger partial charge < -0.3 is 5.32 Å². The number of aryl methyl sites for hydroxylation is 1. The first-order valence-electron chi connectivity index (χ1n) is 5.40. The van der Waals surface area contributed by atoms with Crippen LogP contribution in [0.4, 0.5) is 0 Å². The summed E-state index contributed by atoms with van der Waals surface area (Å²) < 4.78 is 2.71. The minimum absolute atomic E-state index is 0.764. The van der Waals surface area contributed by atoms with E-state index in [4.69, 9.17) is 0 Å². The van der Waals surface area contributed by atoms with Crippen LogP contribution in [0.3, 0.4) is 0 Å². The monoisotopic (exact) mass is 295 g/mol. The molecule has 90 valence electrons. The lowest BCUT2D eigenvalue weighted by molar-refractivity contribution is 0.652. The Labute approximate surface area is 108 Å². The van der Waals surface area contributed by atoms with E-state index < -0.39 is 0 Å². The summed E-state index contributed by atoms with van der Waals surface area (Å²) in [7, 11) is 1.87. The maximum atomic E-state index is 4.28. The highest BCUT2D eigenvalue weighted by Gasteiger charge is 1.98. The Morgan fingerprint density at radius 3 is 2.88 bits per heavy atom. The molecule has 0 aliphatic carbocycles. The predicted octanol–water partition coefficient (Wildman–Crippen LogP) is 1.30. The number of hydrogen-bond acceptors (Lipinski definition) is 4. The van der Waals surface area contributed by atoms with E-state index in [9.17, 15) is 0 Å². The van der Waals surface area contributed by atoms with Crippen LogP contribution < -0.4 is 5.32 Å². The molecule has 0 amide bonds. The van der Waals surface area contributed by atoms with Crippen LogP contribution in [-0.4, -0.2) is 26.3 Å². The lowest BCUT2D eigenvalue weighted by Crippen LogP contribution is -2.18. The molecular formula is C11H14BrN5. The molecule has 0 saturated carbocycles. The number of rotatable bonds is 5. The Kier molecular flexibility index (Phi) is 4.22. The lowest BCUT2D eigenvalue weighted by atomic mass is 10.3. The third-order valence-corrected chi connectivity index (χ3v) is 2.74. The molecule has 5 nitrogen and oxygen atoms in total. The minimum Gasteiger partial charge on any atom is -0.311 e. The minimum atomic E-state index is 0.764. The number of aromatic nitrogens is 4. The smallest absolute Gasteiger partial charge is 0.151 e. The number of pyridine rings is 1. The third kappa shape index (κ3) is 3.90. The topological polar surface area (TPSA) is 55.6 Å². The first kappa shape index (κ1) is 12.2. The molecule has 1 N–H and O–H groups in total. The quantitative estimate of drug-likeness (QED) is 0.845.